The minimum Gasteiger partial charge on any atom is -0.366 e. The van der Waals surface area contributed by atoms with E-state index in [-0.39, 0.29) is 0 Å². The number of pyridine rings is 1. The van der Waals surface area contributed by atoms with Gasteiger partial charge in [-0.2, -0.15) is 0 Å². The summed E-state index contributed by atoms with van der Waals surface area (Å²) < 4.78 is 5.64. The molecule has 1 aromatic heterocycles. The number of rotatable bonds is 3. The molecule has 0 bridgehead atoms. The number of anilines is 2. The molecule has 1 aliphatic heterocycles. The molecule has 0 atom stereocenters. The maximum atomic E-state index is 6.11. The van der Waals surface area contributed by atoms with Crippen LogP contribution in [0.15, 0.2) is 35.9 Å². The number of nitrogens with one attached hydrogen (secondary N) is 2. The molecule has 23 heavy (non-hydrogen) atoms. The van der Waals surface area contributed by atoms with Crippen LogP contribution in [0.25, 0.3) is 6.08 Å². The molecule has 120 valence electrons. The molecular formula is C18H20ClN3O. The van der Waals surface area contributed by atoms with Gasteiger partial charge in [0, 0.05) is 22.9 Å². The van der Waals surface area contributed by atoms with Crippen LogP contribution in [-0.4, -0.2) is 24.9 Å². The van der Waals surface area contributed by atoms with Gasteiger partial charge < -0.3 is 15.4 Å². The maximum absolute atomic E-state index is 6.11. The summed E-state index contributed by atoms with van der Waals surface area (Å²) in [4.78, 5) is 4.51. The zero-order chi connectivity index (χ0) is 16.2. The predicted octanol–water partition coefficient (Wildman–Crippen LogP) is 4.25. The Morgan fingerprint density at radius 2 is 2.13 bits per heavy atom. The summed E-state index contributed by atoms with van der Waals surface area (Å²) in [5.41, 5.74) is 5.46. The second-order valence-corrected chi connectivity index (χ2v) is 6.16. The Hall–Kier alpha value is -2.04. The molecule has 0 amide bonds. The van der Waals surface area contributed by atoms with Gasteiger partial charge in [-0.15, -0.1) is 0 Å². The quantitative estimate of drug-likeness (QED) is 0.883. The molecule has 0 spiro atoms. The molecule has 0 radical (unpaired) electrons. The molecule has 2 heterocycles. The van der Waals surface area contributed by atoms with Crippen molar-refractivity contribution in [2.75, 3.05) is 30.5 Å². The number of benzene rings is 1. The average Bonchev–Trinajstić information content (AvgIpc) is 2.46. The van der Waals surface area contributed by atoms with Gasteiger partial charge >= 0.3 is 0 Å². The number of nitrogens with zero attached hydrogens (tertiary/aromatic N) is 1. The summed E-state index contributed by atoms with van der Waals surface area (Å²) in [5.74, 6) is 0.884. The first kappa shape index (κ1) is 15.8. The highest BCUT2D eigenvalue weighted by Crippen LogP contribution is 2.24. The van der Waals surface area contributed by atoms with E-state index in [4.69, 9.17) is 16.3 Å². The summed E-state index contributed by atoms with van der Waals surface area (Å²) in [6, 6.07) is 9.92. The minimum atomic E-state index is 0.480. The van der Waals surface area contributed by atoms with E-state index in [9.17, 15) is 0 Å². The Morgan fingerprint density at radius 3 is 2.96 bits per heavy atom. The lowest BCUT2D eigenvalue weighted by Gasteiger charge is -2.18. The first-order chi connectivity index (χ1) is 11.1. The number of ether oxygens (including phenoxy) is 1. The molecule has 0 aliphatic carbocycles. The van der Waals surface area contributed by atoms with Crippen LogP contribution in [0, 0.1) is 13.8 Å². The fourth-order valence-corrected chi connectivity index (χ4v) is 2.81. The predicted molar refractivity (Wildman–Crippen MR) is 96.1 cm³/mol. The van der Waals surface area contributed by atoms with E-state index in [1.54, 1.807) is 0 Å². The Morgan fingerprint density at radius 1 is 1.26 bits per heavy atom. The number of hydrogen-bond acceptors (Lipinski definition) is 4. The normalized spacial score (nSPS) is 16.4. The van der Waals surface area contributed by atoms with Crippen molar-refractivity contribution in [2.24, 2.45) is 0 Å². The van der Waals surface area contributed by atoms with E-state index in [1.807, 2.05) is 31.2 Å². The molecule has 2 aromatic rings. The molecule has 1 aliphatic rings. The van der Waals surface area contributed by atoms with Crippen molar-refractivity contribution >= 4 is 29.2 Å². The highest BCUT2D eigenvalue weighted by molar-refractivity contribution is 6.30. The highest BCUT2D eigenvalue weighted by Gasteiger charge is 2.08. The van der Waals surface area contributed by atoms with Gasteiger partial charge in [0.25, 0.3) is 0 Å². The fourth-order valence-electron chi connectivity index (χ4n) is 2.62. The second-order valence-electron chi connectivity index (χ2n) is 5.73. The van der Waals surface area contributed by atoms with E-state index in [2.05, 4.69) is 34.7 Å². The second kappa shape index (κ2) is 7.02. The van der Waals surface area contributed by atoms with Crippen LogP contribution in [0.4, 0.5) is 11.5 Å². The molecule has 0 saturated carbocycles. The van der Waals surface area contributed by atoms with Crippen LogP contribution in [0.2, 0.25) is 5.02 Å². The summed E-state index contributed by atoms with van der Waals surface area (Å²) in [7, 11) is 0. The number of aromatic nitrogens is 1. The zero-order valence-electron chi connectivity index (χ0n) is 13.3. The third-order valence-electron chi connectivity index (χ3n) is 3.62. The lowest BCUT2D eigenvalue weighted by molar-refractivity contribution is 0.175. The fraction of sp³-hybridized carbons (Fsp3) is 0.278. The third kappa shape index (κ3) is 4.24. The summed E-state index contributed by atoms with van der Waals surface area (Å²) in [5, 5.41) is 7.35. The zero-order valence-corrected chi connectivity index (χ0v) is 14.1. The maximum Gasteiger partial charge on any atom is 0.126 e. The van der Waals surface area contributed by atoms with Gasteiger partial charge in [0.15, 0.2) is 0 Å². The number of fused-ring (bicyclic) bond motifs is 1. The van der Waals surface area contributed by atoms with Gasteiger partial charge in [-0.1, -0.05) is 11.6 Å². The standard InChI is InChI=1S/C18H20ClN3O/c1-12-5-13(2)22-18(6-12)20-9-14-7-15-8-16(19)3-4-17(15)21-11-23-10-14/h3-8,21H,9-11H2,1-2H3,(H,20,22)/b14-7-. The lowest BCUT2D eigenvalue weighted by atomic mass is 10.1. The smallest absolute Gasteiger partial charge is 0.126 e. The van der Waals surface area contributed by atoms with Crippen LogP contribution in [0.1, 0.15) is 16.8 Å². The van der Waals surface area contributed by atoms with Crippen LogP contribution in [0.3, 0.4) is 0 Å². The van der Waals surface area contributed by atoms with Crippen LogP contribution in [-0.2, 0) is 4.74 Å². The van der Waals surface area contributed by atoms with Crippen molar-refractivity contribution in [1.29, 1.82) is 0 Å². The molecule has 4 nitrogen and oxygen atoms in total. The van der Waals surface area contributed by atoms with Crippen molar-refractivity contribution in [1.82, 2.24) is 4.98 Å². The van der Waals surface area contributed by atoms with Crippen molar-refractivity contribution in [2.45, 2.75) is 13.8 Å². The van der Waals surface area contributed by atoms with Crippen LogP contribution in [0.5, 0.6) is 0 Å². The monoisotopic (exact) mass is 329 g/mol. The molecule has 0 unspecified atom stereocenters. The Labute approximate surface area is 141 Å². The van der Waals surface area contributed by atoms with E-state index in [0.29, 0.717) is 19.9 Å². The topological polar surface area (TPSA) is 46.2 Å². The third-order valence-corrected chi connectivity index (χ3v) is 3.85. The van der Waals surface area contributed by atoms with Gasteiger partial charge in [-0.25, -0.2) is 4.98 Å². The molecule has 2 N–H and O–H groups in total. The Kier molecular flexibility index (Phi) is 4.84. The first-order valence-corrected chi connectivity index (χ1v) is 7.98. The first-order valence-electron chi connectivity index (χ1n) is 7.60. The van der Waals surface area contributed by atoms with Gasteiger partial charge in [0.05, 0.1) is 6.61 Å². The van der Waals surface area contributed by atoms with E-state index in [0.717, 1.165) is 33.4 Å². The molecule has 1 aromatic carbocycles. The van der Waals surface area contributed by atoms with E-state index >= 15 is 0 Å². The summed E-state index contributed by atoms with van der Waals surface area (Å²) >= 11 is 6.11. The van der Waals surface area contributed by atoms with Crippen molar-refractivity contribution < 1.29 is 4.74 Å². The van der Waals surface area contributed by atoms with Crippen LogP contribution >= 0.6 is 11.6 Å². The minimum absolute atomic E-state index is 0.480. The molecule has 0 saturated heterocycles. The Bertz CT molecular complexity index is 723. The van der Waals surface area contributed by atoms with Crippen molar-refractivity contribution in [3.05, 3.63) is 57.7 Å². The van der Waals surface area contributed by atoms with Crippen molar-refractivity contribution in [3.63, 3.8) is 0 Å². The largest absolute Gasteiger partial charge is 0.366 e. The SMILES string of the molecule is Cc1cc(C)nc(NC/C2=C/c3cc(Cl)ccc3NCOC2)c1. The highest BCUT2D eigenvalue weighted by atomic mass is 35.5. The summed E-state index contributed by atoms with van der Waals surface area (Å²) in [6.45, 7) is 5.80. The Balaban J connectivity index is 1.79. The van der Waals surface area contributed by atoms with Gasteiger partial charge in [0.2, 0.25) is 0 Å². The van der Waals surface area contributed by atoms with Crippen LogP contribution < -0.4 is 10.6 Å². The summed E-state index contributed by atoms with van der Waals surface area (Å²) in [6.07, 6.45) is 2.11. The van der Waals surface area contributed by atoms with Gasteiger partial charge in [-0.05, 0) is 67.0 Å². The number of aryl methyl sites for hydroxylation is 2. The van der Waals surface area contributed by atoms with Gasteiger partial charge in [-0.3, -0.25) is 0 Å². The van der Waals surface area contributed by atoms with Gasteiger partial charge in [0.1, 0.15) is 12.5 Å². The molecule has 0 fully saturated rings. The van der Waals surface area contributed by atoms with Crippen molar-refractivity contribution in [3.8, 4) is 0 Å². The number of hydrogen-bond donors (Lipinski definition) is 2. The number of halogens is 1. The van der Waals surface area contributed by atoms with E-state index in [1.165, 1.54) is 5.56 Å². The molecule has 3 rings (SSSR count). The molecule has 5 heteroatoms. The molecular weight excluding hydrogens is 310 g/mol. The average molecular weight is 330 g/mol. The van der Waals surface area contributed by atoms with E-state index < -0.39 is 0 Å². The lowest BCUT2D eigenvalue weighted by Crippen LogP contribution is -2.16.